The van der Waals surface area contributed by atoms with Gasteiger partial charge in [-0.15, -0.1) is 0 Å². The van der Waals surface area contributed by atoms with E-state index < -0.39 is 22.8 Å². The quantitative estimate of drug-likeness (QED) is 0.355. The van der Waals surface area contributed by atoms with E-state index in [9.17, 15) is 18.0 Å². The molecule has 0 fully saturated rings. The Hall–Kier alpha value is -4.12. The predicted octanol–water partition coefficient (Wildman–Crippen LogP) is 6.08. The number of hydrogen-bond donors (Lipinski definition) is 2. The lowest BCUT2D eigenvalue weighted by Crippen LogP contribution is -2.19. The van der Waals surface area contributed by atoms with Crippen LogP contribution in [0.1, 0.15) is 11.3 Å². The molecule has 0 aliphatic rings. The number of aromatic nitrogens is 4. The van der Waals surface area contributed by atoms with Crippen molar-refractivity contribution in [3.05, 3.63) is 83.5 Å². The highest BCUT2D eigenvalue weighted by Gasteiger charge is 2.33. The molecular weight excluding hydrogens is 473 g/mol. The molecule has 0 unspecified atom stereocenters. The Bertz CT molecular complexity index is 1310. The topological polar surface area (TPSA) is 94.0 Å². The number of hydrogen-bond acceptors (Lipinski definition) is 5. The van der Waals surface area contributed by atoms with Gasteiger partial charge in [0.1, 0.15) is 12.1 Å². The van der Waals surface area contributed by atoms with E-state index >= 15 is 0 Å². The molecular formula is C22H16ClF3N6O2. The van der Waals surface area contributed by atoms with Crippen LogP contribution in [0.25, 0.3) is 5.95 Å². The van der Waals surface area contributed by atoms with E-state index in [1.807, 2.05) is 0 Å². The second-order valence-corrected chi connectivity index (χ2v) is 7.42. The smallest absolute Gasteiger partial charge is 0.417 e. The van der Waals surface area contributed by atoms with Crippen LogP contribution >= 0.6 is 11.6 Å². The summed E-state index contributed by atoms with van der Waals surface area (Å²) in [6.07, 6.45) is 0.245. The lowest BCUT2D eigenvalue weighted by atomic mass is 10.2. The molecule has 0 aliphatic heterocycles. The molecule has 8 nitrogen and oxygen atoms in total. The molecule has 0 atom stereocenters. The van der Waals surface area contributed by atoms with Crippen LogP contribution < -0.4 is 15.4 Å². The van der Waals surface area contributed by atoms with Gasteiger partial charge in [-0.25, -0.2) is 14.8 Å². The minimum atomic E-state index is -4.64. The van der Waals surface area contributed by atoms with E-state index in [4.69, 9.17) is 16.3 Å². The van der Waals surface area contributed by atoms with Crippen molar-refractivity contribution in [2.75, 3.05) is 10.6 Å². The lowest BCUT2D eigenvalue weighted by molar-refractivity contribution is -0.137. The summed E-state index contributed by atoms with van der Waals surface area (Å²) in [5.74, 6) is 1.17. The van der Waals surface area contributed by atoms with Gasteiger partial charge >= 0.3 is 12.2 Å². The summed E-state index contributed by atoms with van der Waals surface area (Å²) in [5.41, 5.74) is -0.000928. The zero-order chi connectivity index (χ0) is 24.3. The fourth-order valence-electron chi connectivity index (χ4n) is 2.91. The van der Waals surface area contributed by atoms with E-state index in [0.717, 1.165) is 12.1 Å². The number of anilines is 2. The summed E-state index contributed by atoms with van der Waals surface area (Å²) in [7, 11) is 0. The van der Waals surface area contributed by atoms with Crippen molar-refractivity contribution in [3.8, 4) is 17.6 Å². The number of imidazole rings is 1. The van der Waals surface area contributed by atoms with Crippen LogP contribution in [0.15, 0.2) is 67.3 Å². The van der Waals surface area contributed by atoms with Gasteiger partial charge in [0.15, 0.2) is 0 Å². The standard InChI is InChI=1S/C22H16ClF3N6O2/c1-13-10-19(31-20(28-13)32-9-8-27-12-32)34-16-5-2-14(3-6-16)29-21(33)30-15-4-7-18(23)17(11-15)22(24,25)26/h2-12H,1H3,(H2,29,30,33). The van der Waals surface area contributed by atoms with Crippen molar-refractivity contribution >= 4 is 29.0 Å². The van der Waals surface area contributed by atoms with Gasteiger partial charge in [0, 0.05) is 35.5 Å². The van der Waals surface area contributed by atoms with Crippen LogP contribution in [-0.2, 0) is 6.18 Å². The van der Waals surface area contributed by atoms with E-state index in [1.165, 1.54) is 6.07 Å². The number of nitrogens with zero attached hydrogens (tertiary/aromatic N) is 4. The van der Waals surface area contributed by atoms with Gasteiger partial charge < -0.3 is 15.4 Å². The second kappa shape index (κ2) is 9.40. The van der Waals surface area contributed by atoms with Crippen molar-refractivity contribution < 1.29 is 22.7 Å². The summed E-state index contributed by atoms with van der Waals surface area (Å²) in [6.45, 7) is 1.80. The first-order valence-corrected chi connectivity index (χ1v) is 10.1. The predicted molar refractivity (Wildman–Crippen MR) is 120 cm³/mol. The van der Waals surface area contributed by atoms with Crippen LogP contribution in [0.5, 0.6) is 11.6 Å². The number of amides is 2. The molecule has 2 heterocycles. The van der Waals surface area contributed by atoms with Gasteiger partial charge in [0.25, 0.3) is 0 Å². The normalized spacial score (nSPS) is 11.2. The number of nitrogens with one attached hydrogen (secondary N) is 2. The molecule has 0 saturated heterocycles. The van der Waals surface area contributed by atoms with Crippen molar-refractivity contribution in [3.63, 3.8) is 0 Å². The maximum Gasteiger partial charge on any atom is 0.417 e. The lowest BCUT2D eigenvalue weighted by Gasteiger charge is -2.12. The fraction of sp³-hybridized carbons (Fsp3) is 0.0909. The van der Waals surface area contributed by atoms with Crippen molar-refractivity contribution in [2.24, 2.45) is 0 Å². The van der Waals surface area contributed by atoms with Crippen molar-refractivity contribution in [1.29, 1.82) is 0 Å². The second-order valence-electron chi connectivity index (χ2n) is 7.02. The number of aryl methyl sites for hydroxylation is 1. The van der Waals surface area contributed by atoms with Gasteiger partial charge in [0.05, 0.1) is 10.6 Å². The Balaban J connectivity index is 1.40. The summed E-state index contributed by atoms with van der Waals surface area (Å²) in [4.78, 5) is 24.8. The molecule has 0 saturated carbocycles. The number of carbonyl (C=O) groups is 1. The van der Waals surface area contributed by atoms with Crippen LogP contribution in [0, 0.1) is 6.92 Å². The largest absolute Gasteiger partial charge is 0.439 e. The van der Waals surface area contributed by atoms with Crippen LogP contribution in [0.2, 0.25) is 5.02 Å². The number of alkyl halides is 3. The number of benzene rings is 2. The van der Waals surface area contributed by atoms with Gasteiger partial charge in [-0.3, -0.25) is 4.57 Å². The fourth-order valence-corrected chi connectivity index (χ4v) is 3.14. The van der Waals surface area contributed by atoms with Gasteiger partial charge in [-0.2, -0.15) is 18.2 Å². The van der Waals surface area contributed by atoms with Gasteiger partial charge in [-0.1, -0.05) is 11.6 Å². The highest BCUT2D eigenvalue weighted by molar-refractivity contribution is 6.31. The first kappa shape index (κ1) is 23.1. The van der Waals surface area contributed by atoms with Crippen molar-refractivity contribution in [1.82, 2.24) is 19.5 Å². The van der Waals surface area contributed by atoms with Gasteiger partial charge in [-0.05, 0) is 49.4 Å². The molecule has 2 aromatic heterocycles. The Kier molecular flexibility index (Phi) is 6.37. The van der Waals surface area contributed by atoms with Crippen molar-refractivity contribution in [2.45, 2.75) is 13.1 Å². The highest BCUT2D eigenvalue weighted by Crippen LogP contribution is 2.36. The monoisotopic (exact) mass is 488 g/mol. The molecule has 2 amide bonds. The number of ether oxygens (including phenoxy) is 1. The maximum absolute atomic E-state index is 13.0. The molecule has 2 N–H and O–H groups in total. The van der Waals surface area contributed by atoms with Crippen LogP contribution in [-0.4, -0.2) is 25.6 Å². The Morgan fingerprint density at radius 3 is 2.41 bits per heavy atom. The molecule has 12 heteroatoms. The molecule has 0 bridgehead atoms. The average molecular weight is 489 g/mol. The SMILES string of the molecule is Cc1cc(Oc2ccc(NC(=O)Nc3ccc(Cl)c(C(F)(F)F)c3)cc2)nc(-n2ccnc2)n1. The maximum atomic E-state index is 13.0. The van der Waals surface area contributed by atoms with E-state index in [2.05, 4.69) is 25.6 Å². The average Bonchev–Trinajstić information content (AvgIpc) is 3.30. The van der Waals surface area contributed by atoms with E-state index in [-0.39, 0.29) is 5.69 Å². The zero-order valence-corrected chi connectivity index (χ0v) is 18.2. The molecule has 34 heavy (non-hydrogen) atoms. The van der Waals surface area contributed by atoms with Crippen LogP contribution in [0.4, 0.5) is 29.3 Å². The summed E-state index contributed by atoms with van der Waals surface area (Å²) in [6, 6.07) is 10.4. The summed E-state index contributed by atoms with van der Waals surface area (Å²) < 4.78 is 46.4. The Morgan fingerprint density at radius 1 is 1.03 bits per heavy atom. The minimum Gasteiger partial charge on any atom is -0.439 e. The Morgan fingerprint density at radius 2 is 1.74 bits per heavy atom. The van der Waals surface area contributed by atoms with Crippen LogP contribution in [0.3, 0.4) is 0 Å². The molecule has 4 aromatic rings. The minimum absolute atomic E-state index is 0.0537. The third kappa shape index (κ3) is 5.62. The number of urea groups is 1. The van der Waals surface area contributed by atoms with Gasteiger partial charge in [0.2, 0.25) is 11.8 Å². The highest BCUT2D eigenvalue weighted by atomic mass is 35.5. The van der Waals surface area contributed by atoms with E-state index in [1.54, 1.807) is 60.5 Å². The molecule has 2 aromatic carbocycles. The zero-order valence-electron chi connectivity index (χ0n) is 17.5. The third-order valence-corrected chi connectivity index (χ3v) is 4.75. The summed E-state index contributed by atoms with van der Waals surface area (Å²) in [5, 5.41) is 4.43. The molecule has 0 aliphatic carbocycles. The first-order chi connectivity index (χ1) is 16.2. The number of carbonyl (C=O) groups excluding carboxylic acids is 1. The first-order valence-electron chi connectivity index (χ1n) is 9.74. The number of halogens is 4. The molecule has 174 valence electrons. The van der Waals surface area contributed by atoms with E-state index in [0.29, 0.717) is 29.0 Å². The summed E-state index contributed by atoms with van der Waals surface area (Å²) >= 11 is 5.59. The molecule has 4 rings (SSSR count). The Labute approximate surface area is 196 Å². The molecule has 0 spiro atoms. The molecule has 0 radical (unpaired) electrons. The number of rotatable bonds is 5. The third-order valence-electron chi connectivity index (χ3n) is 4.42.